The van der Waals surface area contributed by atoms with E-state index in [1.165, 1.54) is 18.5 Å². The first kappa shape index (κ1) is 17.3. The number of hydrogen-bond donors (Lipinski definition) is 1. The Balaban J connectivity index is 1.68. The van der Waals surface area contributed by atoms with Crippen LogP contribution in [0.5, 0.6) is 0 Å². The average molecular weight is 338 g/mol. The van der Waals surface area contributed by atoms with Crippen LogP contribution in [0.2, 0.25) is 0 Å². The number of aromatic nitrogens is 1. The van der Waals surface area contributed by atoms with E-state index in [4.69, 9.17) is 0 Å². The fourth-order valence-electron chi connectivity index (χ4n) is 3.15. The van der Waals surface area contributed by atoms with Gasteiger partial charge in [0.1, 0.15) is 5.82 Å². The highest BCUT2D eigenvalue weighted by Gasteiger charge is 2.17. The van der Waals surface area contributed by atoms with E-state index >= 15 is 0 Å². The quantitative estimate of drug-likeness (QED) is 0.925. The number of anilines is 3. The van der Waals surface area contributed by atoms with Crippen LogP contribution in [0.25, 0.3) is 0 Å². The molecule has 0 atom stereocenters. The van der Waals surface area contributed by atoms with Crippen molar-refractivity contribution >= 4 is 23.1 Å². The van der Waals surface area contributed by atoms with Gasteiger partial charge in [-0.2, -0.15) is 0 Å². The normalized spacial score (nSPS) is 15.1. The van der Waals surface area contributed by atoms with Crippen molar-refractivity contribution in [2.45, 2.75) is 19.8 Å². The number of piperidine rings is 1. The summed E-state index contributed by atoms with van der Waals surface area (Å²) in [6, 6.07) is 11.7. The summed E-state index contributed by atoms with van der Waals surface area (Å²) in [4.78, 5) is 21.1. The minimum absolute atomic E-state index is 0.142. The maximum atomic E-state index is 12.6. The summed E-state index contributed by atoms with van der Waals surface area (Å²) in [6.45, 7) is 4.53. The zero-order chi connectivity index (χ0) is 17.8. The zero-order valence-electron chi connectivity index (χ0n) is 15.2. The Morgan fingerprint density at radius 2 is 1.84 bits per heavy atom. The number of carbonyl (C=O) groups excluding carboxylic acids is 1. The maximum absolute atomic E-state index is 12.6. The zero-order valence-corrected chi connectivity index (χ0v) is 15.2. The lowest BCUT2D eigenvalue weighted by molar-refractivity contribution is 0.102. The van der Waals surface area contributed by atoms with Crippen molar-refractivity contribution in [3.05, 3.63) is 48.2 Å². The molecule has 2 aromatic rings. The molecule has 5 nitrogen and oxygen atoms in total. The molecule has 0 spiro atoms. The third kappa shape index (κ3) is 4.10. The SMILES string of the molecule is CC1CCN(c2ccc(NC(=O)c3cccnc3N(C)C)cc2)CC1. The third-order valence-electron chi connectivity index (χ3n) is 4.73. The van der Waals surface area contributed by atoms with Gasteiger partial charge < -0.3 is 15.1 Å². The van der Waals surface area contributed by atoms with E-state index < -0.39 is 0 Å². The summed E-state index contributed by atoms with van der Waals surface area (Å²) < 4.78 is 0. The number of nitrogens with zero attached hydrogens (tertiary/aromatic N) is 3. The number of carbonyl (C=O) groups is 1. The Bertz CT molecular complexity index is 719. The summed E-state index contributed by atoms with van der Waals surface area (Å²) in [6.07, 6.45) is 4.18. The van der Waals surface area contributed by atoms with Gasteiger partial charge in [-0.3, -0.25) is 4.79 Å². The molecule has 1 aliphatic rings. The number of nitrogens with one attached hydrogen (secondary N) is 1. The van der Waals surface area contributed by atoms with Crippen LogP contribution >= 0.6 is 0 Å². The second kappa shape index (κ2) is 7.55. The van der Waals surface area contributed by atoms with Gasteiger partial charge in [0.2, 0.25) is 0 Å². The highest BCUT2D eigenvalue weighted by molar-refractivity contribution is 6.07. The second-order valence-electron chi connectivity index (χ2n) is 6.94. The molecule has 0 bridgehead atoms. The van der Waals surface area contributed by atoms with Crippen molar-refractivity contribution < 1.29 is 4.79 Å². The Morgan fingerprint density at radius 3 is 2.48 bits per heavy atom. The van der Waals surface area contributed by atoms with Crippen LogP contribution in [0.4, 0.5) is 17.2 Å². The van der Waals surface area contributed by atoms with E-state index in [0.717, 1.165) is 24.7 Å². The van der Waals surface area contributed by atoms with Crippen LogP contribution in [-0.2, 0) is 0 Å². The molecule has 0 unspecified atom stereocenters. The van der Waals surface area contributed by atoms with Crippen LogP contribution in [0.1, 0.15) is 30.1 Å². The Morgan fingerprint density at radius 1 is 1.16 bits per heavy atom. The fraction of sp³-hybridized carbons (Fsp3) is 0.400. The monoisotopic (exact) mass is 338 g/mol. The molecule has 0 aliphatic carbocycles. The summed E-state index contributed by atoms with van der Waals surface area (Å²) in [5.41, 5.74) is 2.59. The van der Waals surface area contributed by atoms with E-state index in [-0.39, 0.29) is 5.91 Å². The molecule has 1 amide bonds. The first-order valence-corrected chi connectivity index (χ1v) is 8.83. The van der Waals surface area contributed by atoms with Crippen LogP contribution < -0.4 is 15.1 Å². The van der Waals surface area contributed by atoms with Gasteiger partial charge in [-0.1, -0.05) is 6.92 Å². The molecule has 1 saturated heterocycles. The first-order valence-electron chi connectivity index (χ1n) is 8.83. The van der Waals surface area contributed by atoms with Gasteiger partial charge in [-0.15, -0.1) is 0 Å². The number of benzene rings is 1. The van der Waals surface area contributed by atoms with Gasteiger partial charge in [-0.05, 0) is 55.2 Å². The molecule has 0 radical (unpaired) electrons. The number of hydrogen-bond acceptors (Lipinski definition) is 4. The molecule has 1 fully saturated rings. The Labute approximate surface area is 149 Å². The van der Waals surface area contributed by atoms with E-state index in [1.54, 1.807) is 18.3 Å². The number of amides is 1. The van der Waals surface area contributed by atoms with Crippen molar-refractivity contribution in [3.8, 4) is 0 Å². The van der Waals surface area contributed by atoms with Crippen LogP contribution in [-0.4, -0.2) is 38.1 Å². The summed E-state index contributed by atoms with van der Waals surface area (Å²) in [5.74, 6) is 1.34. The molecule has 1 N–H and O–H groups in total. The largest absolute Gasteiger partial charge is 0.372 e. The summed E-state index contributed by atoms with van der Waals surface area (Å²) in [5, 5.41) is 2.97. The molecule has 5 heteroatoms. The molecule has 1 aliphatic heterocycles. The molecular formula is C20H26N4O. The fourth-order valence-corrected chi connectivity index (χ4v) is 3.15. The van der Waals surface area contributed by atoms with Crippen molar-refractivity contribution in [1.82, 2.24) is 4.98 Å². The molecular weight excluding hydrogens is 312 g/mol. The van der Waals surface area contributed by atoms with Crippen LogP contribution in [0.3, 0.4) is 0 Å². The lowest BCUT2D eigenvalue weighted by Crippen LogP contribution is -2.32. The smallest absolute Gasteiger partial charge is 0.259 e. The van der Waals surface area contributed by atoms with Gasteiger partial charge in [0.25, 0.3) is 5.91 Å². The maximum Gasteiger partial charge on any atom is 0.259 e. The molecule has 0 saturated carbocycles. The molecule has 25 heavy (non-hydrogen) atoms. The predicted octanol–water partition coefficient (Wildman–Crippen LogP) is 3.64. The molecule has 3 rings (SSSR count). The van der Waals surface area contributed by atoms with E-state index in [1.807, 2.05) is 31.1 Å². The average Bonchev–Trinajstić information content (AvgIpc) is 2.63. The summed E-state index contributed by atoms with van der Waals surface area (Å²) >= 11 is 0. The molecule has 1 aromatic heterocycles. The van der Waals surface area contributed by atoms with E-state index in [0.29, 0.717) is 11.4 Å². The Hall–Kier alpha value is -2.56. The lowest BCUT2D eigenvalue weighted by Gasteiger charge is -2.32. The molecule has 2 heterocycles. The standard InChI is InChI=1S/C20H26N4O/c1-15-10-13-24(14-11-15)17-8-6-16(7-9-17)22-20(25)18-5-4-12-21-19(18)23(2)3/h4-9,12,15H,10-11,13-14H2,1-3H3,(H,22,25). The topological polar surface area (TPSA) is 48.5 Å². The predicted molar refractivity (Wildman–Crippen MR) is 104 cm³/mol. The summed E-state index contributed by atoms with van der Waals surface area (Å²) in [7, 11) is 3.76. The van der Waals surface area contributed by atoms with Crippen LogP contribution in [0.15, 0.2) is 42.6 Å². The van der Waals surface area contributed by atoms with Gasteiger partial charge in [0.15, 0.2) is 0 Å². The second-order valence-corrected chi connectivity index (χ2v) is 6.94. The van der Waals surface area contributed by atoms with Gasteiger partial charge >= 0.3 is 0 Å². The van der Waals surface area contributed by atoms with Gasteiger partial charge in [0, 0.05) is 44.8 Å². The van der Waals surface area contributed by atoms with Crippen molar-refractivity contribution in [2.24, 2.45) is 5.92 Å². The van der Waals surface area contributed by atoms with Gasteiger partial charge in [0.05, 0.1) is 5.56 Å². The van der Waals surface area contributed by atoms with Crippen molar-refractivity contribution in [2.75, 3.05) is 42.3 Å². The van der Waals surface area contributed by atoms with E-state index in [2.05, 4.69) is 34.3 Å². The number of rotatable bonds is 4. The minimum atomic E-state index is -0.142. The van der Waals surface area contributed by atoms with Crippen molar-refractivity contribution in [3.63, 3.8) is 0 Å². The highest BCUT2D eigenvalue weighted by atomic mass is 16.1. The van der Waals surface area contributed by atoms with Crippen molar-refractivity contribution in [1.29, 1.82) is 0 Å². The highest BCUT2D eigenvalue weighted by Crippen LogP contribution is 2.25. The van der Waals surface area contributed by atoms with Gasteiger partial charge in [-0.25, -0.2) is 4.98 Å². The third-order valence-corrected chi connectivity index (χ3v) is 4.73. The number of pyridine rings is 1. The lowest BCUT2D eigenvalue weighted by atomic mass is 9.99. The first-order chi connectivity index (χ1) is 12.0. The Kier molecular flexibility index (Phi) is 5.22. The minimum Gasteiger partial charge on any atom is -0.372 e. The van der Waals surface area contributed by atoms with Crippen LogP contribution in [0, 0.1) is 5.92 Å². The van der Waals surface area contributed by atoms with E-state index in [9.17, 15) is 4.79 Å². The molecule has 132 valence electrons. The molecule has 1 aromatic carbocycles.